The van der Waals surface area contributed by atoms with Crippen molar-refractivity contribution in [1.82, 2.24) is 0 Å². The first kappa shape index (κ1) is 15.2. The molecule has 2 aromatic rings. The van der Waals surface area contributed by atoms with Crippen molar-refractivity contribution in [3.05, 3.63) is 68.2 Å². The quantitative estimate of drug-likeness (QED) is 0.526. The van der Waals surface area contributed by atoms with E-state index in [9.17, 15) is 0 Å². The summed E-state index contributed by atoms with van der Waals surface area (Å²) in [5.41, 5.74) is 3.43. The lowest BCUT2D eigenvalue weighted by atomic mass is 10.0. The monoisotopic (exact) mass is 376 g/mol. The van der Waals surface area contributed by atoms with Crippen molar-refractivity contribution < 1.29 is 0 Å². The van der Waals surface area contributed by atoms with E-state index < -0.39 is 0 Å². The van der Waals surface area contributed by atoms with Crippen LogP contribution in [-0.2, 0) is 6.42 Å². The summed E-state index contributed by atoms with van der Waals surface area (Å²) in [6.07, 6.45) is 0.845. The number of alkyl halides is 1. The van der Waals surface area contributed by atoms with Gasteiger partial charge in [0, 0.05) is 9.85 Å². The van der Waals surface area contributed by atoms with E-state index in [0.29, 0.717) is 10.0 Å². The van der Waals surface area contributed by atoms with Crippen molar-refractivity contribution in [3.63, 3.8) is 0 Å². The molecule has 0 radical (unpaired) electrons. The molecule has 4 heteroatoms. The van der Waals surface area contributed by atoms with Gasteiger partial charge in [-0.2, -0.15) is 0 Å². The molecule has 0 amide bonds. The van der Waals surface area contributed by atoms with Crippen molar-refractivity contribution >= 4 is 50.7 Å². The molecule has 1 unspecified atom stereocenters. The maximum absolute atomic E-state index is 6.04. The van der Waals surface area contributed by atoms with Gasteiger partial charge in [0.1, 0.15) is 0 Å². The van der Waals surface area contributed by atoms with Crippen LogP contribution in [-0.4, -0.2) is 0 Å². The van der Waals surface area contributed by atoms with Gasteiger partial charge in [-0.05, 0) is 48.2 Å². The van der Waals surface area contributed by atoms with E-state index in [1.54, 1.807) is 0 Å². The zero-order valence-electron chi connectivity index (χ0n) is 10.3. The minimum atomic E-state index is 0.223. The Morgan fingerprint density at radius 3 is 2.26 bits per heavy atom. The maximum atomic E-state index is 6.04. The molecular weight excluding hydrogens is 366 g/mol. The molecule has 100 valence electrons. The van der Waals surface area contributed by atoms with Crippen LogP contribution in [0.4, 0.5) is 0 Å². The molecule has 19 heavy (non-hydrogen) atoms. The molecule has 2 aromatic carbocycles. The zero-order chi connectivity index (χ0) is 14.0. The van der Waals surface area contributed by atoms with Crippen LogP contribution >= 0.6 is 50.7 Å². The van der Waals surface area contributed by atoms with E-state index in [-0.39, 0.29) is 4.83 Å². The first-order chi connectivity index (χ1) is 8.97. The number of aryl methyl sites for hydroxylation is 1. The molecule has 0 heterocycles. The van der Waals surface area contributed by atoms with Crippen LogP contribution in [0.5, 0.6) is 0 Å². The number of hydrogen-bond donors (Lipinski definition) is 0. The Morgan fingerprint density at radius 1 is 0.947 bits per heavy atom. The number of hydrogen-bond acceptors (Lipinski definition) is 0. The zero-order valence-corrected chi connectivity index (χ0v) is 14.1. The second-order valence-electron chi connectivity index (χ2n) is 4.43. The number of halogens is 4. The van der Waals surface area contributed by atoms with Crippen molar-refractivity contribution in [2.75, 3.05) is 0 Å². The molecule has 0 nitrogen and oxygen atoms in total. The lowest BCUT2D eigenvalue weighted by Gasteiger charge is -2.12. The van der Waals surface area contributed by atoms with E-state index in [0.717, 1.165) is 22.6 Å². The molecule has 1 atom stereocenters. The van der Waals surface area contributed by atoms with E-state index in [2.05, 4.69) is 22.0 Å². The van der Waals surface area contributed by atoms with Crippen molar-refractivity contribution in [3.8, 4) is 0 Å². The van der Waals surface area contributed by atoms with Gasteiger partial charge in [0.2, 0.25) is 0 Å². The van der Waals surface area contributed by atoms with E-state index in [1.807, 2.05) is 37.3 Å². The third-order valence-electron chi connectivity index (χ3n) is 2.94. The molecule has 0 N–H and O–H groups in total. The molecule has 0 spiro atoms. The SMILES string of the molecule is Cc1cc(C(Br)Cc2ccc(Cl)c(Cl)c2)ccc1Cl. The molecular formula is C15H12BrCl3. The molecule has 0 aliphatic heterocycles. The molecule has 0 aliphatic rings. The van der Waals surface area contributed by atoms with Gasteiger partial charge in [-0.1, -0.05) is 68.9 Å². The Balaban J connectivity index is 2.17. The van der Waals surface area contributed by atoms with Crippen molar-refractivity contribution in [2.24, 2.45) is 0 Å². The first-order valence-corrected chi connectivity index (χ1v) is 7.86. The molecule has 0 aromatic heterocycles. The van der Waals surface area contributed by atoms with Gasteiger partial charge in [0.05, 0.1) is 10.0 Å². The van der Waals surface area contributed by atoms with Crippen LogP contribution in [0.3, 0.4) is 0 Å². The Hall–Kier alpha value is -0.210. The average Bonchev–Trinajstić information content (AvgIpc) is 2.37. The second-order valence-corrected chi connectivity index (χ2v) is 6.76. The summed E-state index contributed by atoms with van der Waals surface area (Å²) in [5.74, 6) is 0. The lowest BCUT2D eigenvalue weighted by Crippen LogP contribution is -1.96. The molecule has 2 rings (SSSR count). The first-order valence-electron chi connectivity index (χ1n) is 5.81. The summed E-state index contributed by atoms with van der Waals surface area (Å²) < 4.78 is 0. The van der Waals surface area contributed by atoms with Crippen LogP contribution in [0.15, 0.2) is 36.4 Å². The molecule has 0 bridgehead atoms. The molecule has 0 saturated heterocycles. The fourth-order valence-corrected chi connectivity index (χ4v) is 2.95. The summed E-state index contributed by atoms with van der Waals surface area (Å²) in [5, 5.41) is 1.96. The number of rotatable bonds is 3. The normalized spacial score (nSPS) is 12.5. The van der Waals surface area contributed by atoms with Crippen molar-refractivity contribution in [2.45, 2.75) is 18.2 Å². The highest BCUT2D eigenvalue weighted by atomic mass is 79.9. The Kier molecular flexibility index (Phi) is 5.19. The van der Waals surface area contributed by atoms with Gasteiger partial charge < -0.3 is 0 Å². The fraction of sp³-hybridized carbons (Fsp3) is 0.200. The molecule has 0 fully saturated rings. The lowest BCUT2D eigenvalue weighted by molar-refractivity contribution is 0.947. The van der Waals surface area contributed by atoms with Gasteiger partial charge in [-0.15, -0.1) is 0 Å². The minimum absolute atomic E-state index is 0.223. The summed E-state index contributed by atoms with van der Waals surface area (Å²) in [6, 6.07) is 11.8. The second kappa shape index (κ2) is 6.49. The Morgan fingerprint density at radius 2 is 1.63 bits per heavy atom. The van der Waals surface area contributed by atoms with Gasteiger partial charge in [0.15, 0.2) is 0 Å². The van der Waals surface area contributed by atoms with E-state index in [1.165, 1.54) is 5.56 Å². The van der Waals surface area contributed by atoms with Gasteiger partial charge in [-0.3, -0.25) is 0 Å². The summed E-state index contributed by atoms with van der Waals surface area (Å²) >= 11 is 21.7. The smallest absolute Gasteiger partial charge is 0.0595 e. The van der Waals surface area contributed by atoms with Crippen LogP contribution in [0, 0.1) is 6.92 Å². The fourth-order valence-electron chi connectivity index (χ4n) is 1.85. The Bertz CT molecular complexity index is 596. The maximum Gasteiger partial charge on any atom is 0.0595 e. The van der Waals surface area contributed by atoms with Crippen LogP contribution < -0.4 is 0 Å². The Labute approximate surface area is 136 Å². The van der Waals surface area contributed by atoms with Gasteiger partial charge >= 0.3 is 0 Å². The standard InChI is InChI=1S/C15H12BrCl3/c1-9-6-11(3-5-13(9)17)12(16)7-10-2-4-14(18)15(19)8-10/h2-6,8,12H,7H2,1H3. The third kappa shape index (κ3) is 3.88. The topological polar surface area (TPSA) is 0 Å². The van der Waals surface area contributed by atoms with E-state index in [4.69, 9.17) is 34.8 Å². The van der Waals surface area contributed by atoms with Gasteiger partial charge in [-0.25, -0.2) is 0 Å². The van der Waals surface area contributed by atoms with E-state index >= 15 is 0 Å². The largest absolute Gasteiger partial charge is 0.0841 e. The predicted molar refractivity (Wildman–Crippen MR) is 88.0 cm³/mol. The number of benzene rings is 2. The average molecular weight is 379 g/mol. The molecule has 0 aliphatic carbocycles. The van der Waals surface area contributed by atoms with Gasteiger partial charge in [0.25, 0.3) is 0 Å². The predicted octanol–water partition coefficient (Wildman–Crippen LogP) is 6.63. The summed E-state index contributed by atoms with van der Waals surface area (Å²) in [7, 11) is 0. The highest BCUT2D eigenvalue weighted by molar-refractivity contribution is 9.09. The highest BCUT2D eigenvalue weighted by Gasteiger charge is 2.10. The minimum Gasteiger partial charge on any atom is -0.0841 e. The van der Waals surface area contributed by atoms with Crippen molar-refractivity contribution in [1.29, 1.82) is 0 Å². The van der Waals surface area contributed by atoms with Crippen LogP contribution in [0.25, 0.3) is 0 Å². The van der Waals surface area contributed by atoms with Crippen LogP contribution in [0.2, 0.25) is 15.1 Å². The third-order valence-corrected chi connectivity index (χ3v) is 4.96. The summed E-state index contributed by atoms with van der Waals surface area (Å²) in [6.45, 7) is 2.00. The summed E-state index contributed by atoms with van der Waals surface area (Å²) in [4.78, 5) is 0.223. The highest BCUT2D eigenvalue weighted by Crippen LogP contribution is 2.31. The van der Waals surface area contributed by atoms with Crippen LogP contribution in [0.1, 0.15) is 21.5 Å². The molecule has 0 saturated carbocycles.